The van der Waals surface area contributed by atoms with Crippen LogP contribution in [0.1, 0.15) is 0 Å². The highest BCUT2D eigenvalue weighted by Crippen LogP contribution is 2.40. The molecule has 56 heavy (non-hydrogen) atoms. The van der Waals surface area contributed by atoms with Gasteiger partial charge in [0.25, 0.3) is 0 Å². The van der Waals surface area contributed by atoms with Gasteiger partial charge in [0, 0.05) is 45.1 Å². The highest BCUT2D eigenvalue weighted by Gasteiger charge is 2.15. The van der Waals surface area contributed by atoms with Crippen molar-refractivity contribution in [3.8, 4) is 44.8 Å². The predicted octanol–water partition coefficient (Wildman–Crippen LogP) is 13.4. The summed E-state index contributed by atoms with van der Waals surface area (Å²) in [5.74, 6) is 0. The maximum Gasteiger partial charge on any atom is 0.0970 e. The lowest BCUT2D eigenvalue weighted by molar-refractivity contribution is 1.37. The van der Waals surface area contributed by atoms with Gasteiger partial charge in [0.1, 0.15) is 0 Å². The summed E-state index contributed by atoms with van der Waals surface area (Å²) in [7, 11) is 0. The molecule has 0 aliphatic rings. The van der Waals surface area contributed by atoms with E-state index in [4.69, 9.17) is 15.0 Å². The van der Waals surface area contributed by atoms with E-state index in [9.17, 15) is 0 Å². The molecule has 0 amide bonds. The van der Waals surface area contributed by atoms with Crippen molar-refractivity contribution in [2.45, 2.75) is 0 Å². The molecule has 0 saturated heterocycles. The molecule has 0 spiro atoms. The Labute approximate surface area is 321 Å². The molecular weight excluding hydrogens is 681 g/mol. The van der Waals surface area contributed by atoms with Gasteiger partial charge in [0.15, 0.2) is 0 Å². The van der Waals surface area contributed by atoms with Gasteiger partial charge in [0.2, 0.25) is 0 Å². The summed E-state index contributed by atoms with van der Waals surface area (Å²) < 4.78 is 0. The maximum absolute atomic E-state index is 5.27. The molecule has 0 aliphatic carbocycles. The third-order valence-electron chi connectivity index (χ3n) is 11.5. The lowest BCUT2D eigenvalue weighted by atomic mass is 9.91. The fourth-order valence-corrected chi connectivity index (χ4v) is 8.70. The molecule has 0 aliphatic heterocycles. The van der Waals surface area contributed by atoms with Crippen molar-refractivity contribution in [3.63, 3.8) is 0 Å². The molecule has 4 aromatic heterocycles. The number of fused-ring (bicyclic) bond motifs is 5. The first-order valence-electron chi connectivity index (χ1n) is 18.9. The van der Waals surface area contributed by atoms with Crippen molar-refractivity contribution in [3.05, 3.63) is 182 Å². The van der Waals surface area contributed by atoms with Crippen molar-refractivity contribution in [1.29, 1.82) is 0 Å². The molecular formula is C52H30N4. The molecule has 0 saturated carbocycles. The highest BCUT2D eigenvalue weighted by molar-refractivity contribution is 6.25. The van der Waals surface area contributed by atoms with Gasteiger partial charge in [-0.1, -0.05) is 127 Å². The molecule has 258 valence electrons. The van der Waals surface area contributed by atoms with E-state index in [-0.39, 0.29) is 0 Å². The average Bonchev–Trinajstić information content (AvgIpc) is 3.27. The van der Waals surface area contributed by atoms with Crippen molar-refractivity contribution in [2.24, 2.45) is 0 Å². The first-order chi connectivity index (χ1) is 27.7. The molecule has 0 fully saturated rings. The normalized spacial score (nSPS) is 11.9. The average molecular weight is 711 g/mol. The van der Waals surface area contributed by atoms with E-state index in [1.54, 1.807) is 0 Å². The van der Waals surface area contributed by atoms with Crippen LogP contribution in [0.15, 0.2) is 182 Å². The van der Waals surface area contributed by atoms with E-state index >= 15 is 0 Å². The van der Waals surface area contributed by atoms with Gasteiger partial charge in [-0.15, -0.1) is 0 Å². The Bertz CT molecular complexity index is 3520. The zero-order valence-corrected chi connectivity index (χ0v) is 30.1. The van der Waals surface area contributed by atoms with E-state index in [1.807, 2.05) is 24.5 Å². The summed E-state index contributed by atoms with van der Waals surface area (Å²) in [5, 5.41) is 12.1. The van der Waals surface area contributed by atoms with Crippen molar-refractivity contribution in [2.75, 3.05) is 0 Å². The quantitative estimate of drug-likeness (QED) is 0.171. The van der Waals surface area contributed by atoms with Crippen LogP contribution in [0, 0.1) is 0 Å². The highest BCUT2D eigenvalue weighted by atomic mass is 14.7. The van der Waals surface area contributed by atoms with E-state index in [0.717, 1.165) is 88.4 Å². The molecule has 4 heterocycles. The molecule has 0 radical (unpaired) electrons. The Hall–Kier alpha value is -7.56. The molecule has 12 aromatic rings. The first-order valence-corrected chi connectivity index (χ1v) is 18.9. The molecule has 0 N–H and O–H groups in total. The first kappa shape index (κ1) is 30.9. The molecule has 4 nitrogen and oxygen atoms in total. The third-order valence-corrected chi connectivity index (χ3v) is 11.5. The topological polar surface area (TPSA) is 51.6 Å². The molecule has 0 unspecified atom stereocenters. The number of pyridine rings is 4. The Balaban J connectivity index is 0.898. The van der Waals surface area contributed by atoms with Gasteiger partial charge in [-0.05, 0) is 97.0 Å². The number of hydrogen-bond acceptors (Lipinski definition) is 4. The Morgan fingerprint density at radius 3 is 1.62 bits per heavy atom. The molecule has 0 atom stereocenters. The molecule has 0 bridgehead atoms. The van der Waals surface area contributed by atoms with Crippen LogP contribution in [-0.4, -0.2) is 19.9 Å². The summed E-state index contributed by atoms with van der Waals surface area (Å²) in [4.78, 5) is 19.8. The standard InChI is InChI=1S/C52H30N4/c1-4-35-14-15-37-18-22-41(42-23-19-36(5-1)49(35)50(37)42)46-25-21-34-13-17-39(30-48(34)56-46)38-16-12-33-20-24-45(55-47(33)29-38)32-10-8-31(9-11-32)44-28-40-6-2-26-53-51(40)52-43(44)7-3-27-54-52/h1-30H. The van der Waals surface area contributed by atoms with Crippen LogP contribution in [0.2, 0.25) is 0 Å². The van der Waals surface area contributed by atoms with Crippen LogP contribution in [0.4, 0.5) is 0 Å². The van der Waals surface area contributed by atoms with E-state index in [0.29, 0.717) is 0 Å². The molecule has 8 aromatic carbocycles. The predicted molar refractivity (Wildman–Crippen MR) is 233 cm³/mol. The van der Waals surface area contributed by atoms with Gasteiger partial charge in [0.05, 0.1) is 33.5 Å². The minimum absolute atomic E-state index is 0.920. The number of rotatable bonds is 4. The monoisotopic (exact) mass is 710 g/mol. The number of hydrogen-bond donors (Lipinski definition) is 0. The van der Waals surface area contributed by atoms with Crippen molar-refractivity contribution < 1.29 is 0 Å². The van der Waals surface area contributed by atoms with Gasteiger partial charge in [-0.25, -0.2) is 9.97 Å². The minimum Gasteiger partial charge on any atom is -0.254 e. The fourth-order valence-electron chi connectivity index (χ4n) is 8.70. The zero-order chi connectivity index (χ0) is 36.7. The third kappa shape index (κ3) is 4.79. The van der Waals surface area contributed by atoms with Crippen LogP contribution < -0.4 is 0 Å². The van der Waals surface area contributed by atoms with Gasteiger partial charge < -0.3 is 0 Å². The Morgan fingerprint density at radius 2 is 0.857 bits per heavy atom. The summed E-state index contributed by atoms with van der Waals surface area (Å²) >= 11 is 0. The second kappa shape index (κ2) is 12.0. The second-order valence-corrected chi connectivity index (χ2v) is 14.7. The number of aromatic nitrogens is 4. The lowest BCUT2D eigenvalue weighted by Gasteiger charge is -2.14. The Morgan fingerprint density at radius 1 is 0.304 bits per heavy atom. The van der Waals surface area contributed by atoms with E-state index < -0.39 is 0 Å². The minimum atomic E-state index is 0.920. The summed E-state index contributed by atoms with van der Waals surface area (Å²) in [6, 6.07) is 60.8. The molecule has 4 heteroatoms. The Kier molecular flexibility index (Phi) is 6.60. The van der Waals surface area contributed by atoms with Crippen molar-refractivity contribution in [1.82, 2.24) is 19.9 Å². The van der Waals surface area contributed by atoms with E-state index in [2.05, 4.69) is 163 Å². The second-order valence-electron chi connectivity index (χ2n) is 14.7. The largest absolute Gasteiger partial charge is 0.254 e. The lowest BCUT2D eigenvalue weighted by Crippen LogP contribution is -1.91. The maximum atomic E-state index is 5.27. The fraction of sp³-hybridized carbons (Fsp3) is 0. The van der Waals surface area contributed by atoms with Crippen molar-refractivity contribution >= 4 is 75.9 Å². The van der Waals surface area contributed by atoms with Crippen LogP contribution in [-0.2, 0) is 0 Å². The summed E-state index contributed by atoms with van der Waals surface area (Å²) in [5.41, 5.74) is 12.4. The summed E-state index contributed by atoms with van der Waals surface area (Å²) in [6.07, 6.45) is 3.66. The zero-order valence-electron chi connectivity index (χ0n) is 30.1. The van der Waals surface area contributed by atoms with Crippen LogP contribution in [0.5, 0.6) is 0 Å². The number of nitrogens with zero attached hydrogens (tertiary/aromatic N) is 4. The van der Waals surface area contributed by atoms with Gasteiger partial charge >= 0.3 is 0 Å². The summed E-state index contributed by atoms with van der Waals surface area (Å²) in [6.45, 7) is 0. The van der Waals surface area contributed by atoms with Crippen LogP contribution >= 0.6 is 0 Å². The van der Waals surface area contributed by atoms with Crippen LogP contribution in [0.3, 0.4) is 0 Å². The molecule has 12 rings (SSSR count). The van der Waals surface area contributed by atoms with Gasteiger partial charge in [-0.2, -0.15) is 0 Å². The smallest absolute Gasteiger partial charge is 0.0970 e. The SMILES string of the molecule is c1cnc2c(c1)cc(-c1ccc(-c3ccc4ccc(-c5ccc6ccc(-c7ccc8ccc9cccc%10ccc7c8c9%10)nc6c5)cc4n3)cc1)c1cccnc12. The number of benzene rings is 8. The van der Waals surface area contributed by atoms with Gasteiger partial charge in [-0.3, -0.25) is 9.97 Å². The van der Waals surface area contributed by atoms with Crippen LogP contribution in [0.25, 0.3) is 121 Å². The van der Waals surface area contributed by atoms with E-state index in [1.165, 1.54) is 32.3 Å².